The van der Waals surface area contributed by atoms with Crippen molar-refractivity contribution in [3.05, 3.63) is 78.1 Å². The maximum atomic E-state index is 13.1. The lowest BCUT2D eigenvalue weighted by Crippen LogP contribution is -2.35. The van der Waals surface area contributed by atoms with Crippen LogP contribution in [0.3, 0.4) is 0 Å². The van der Waals surface area contributed by atoms with Gasteiger partial charge < -0.3 is 5.32 Å². The molecule has 1 amide bonds. The smallest absolute Gasteiger partial charge is 0.231 e. The van der Waals surface area contributed by atoms with Crippen molar-refractivity contribution in [3.63, 3.8) is 0 Å². The summed E-state index contributed by atoms with van der Waals surface area (Å²) in [5, 5.41) is 11.0. The molecule has 0 saturated heterocycles. The van der Waals surface area contributed by atoms with E-state index >= 15 is 0 Å². The maximum Gasteiger partial charge on any atom is 0.231 e. The summed E-state index contributed by atoms with van der Waals surface area (Å²) in [5.41, 5.74) is 1.26. The number of carbonyl (C=O) groups excluding carboxylic acids is 1. The van der Waals surface area contributed by atoms with Gasteiger partial charge in [0, 0.05) is 5.69 Å². The molecule has 1 aromatic heterocycles. The van der Waals surface area contributed by atoms with Gasteiger partial charge >= 0.3 is 0 Å². The second-order valence-electron chi connectivity index (χ2n) is 6.22. The van der Waals surface area contributed by atoms with Crippen molar-refractivity contribution in [2.24, 2.45) is 0 Å². The Morgan fingerprint density at radius 2 is 1.84 bits per heavy atom. The third kappa shape index (κ3) is 2.91. The average molecular weight is 336 g/mol. The molecule has 126 valence electrons. The highest BCUT2D eigenvalue weighted by Crippen LogP contribution is 2.48. The Morgan fingerprint density at radius 3 is 2.52 bits per heavy atom. The summed E-state index contributed by atoms with van der Waals surface area (Å²) in [7, 11) is 0. The molecule has 0 spiro atoms. The largest absolute Gasteiger partial charge is 0.348 e. The molecule has 1 fully saturated rings. The second-order valence-corrected chi connectivity index (χ2v) is 6.22. The molecule has 0 bridgehead atoms. The van der Waals surface area contributed by atoms with Gasteiger partial charge in [0.1, 0.15) is 12.1 Å². The number of nitrogens with zero attached hydrogens (tertiary/aromatic N) is 3. The zero-order chi connectivity index (χ0) is 17.3. The Bertz CT molecular complexity index is 885. The molecular formula is C19H17FN4O. The van der Waals surface area contributed by atoms with E-state index in [4.69, 9.17) is 0 Å². The lowest BCUT2D eigenvalue weighted by molar-refractivity contribution is -0.123. The first-order chi connectivity index (χ1) is 12.2. The zero-order valence-corrected chi connectivity index (χ0v) is 13.5. The monoisotopic (exact) mass is 336 g/mol. The minimum atomic E-state index is -0.536. The SMILES string of the molecule is O=C(NCc1nncn1-c1ccccc1)C1(c2ccc(F)cc2)CC1. The third-order valence-corrected chi connectivity index (χ3v) is 4.64. The summed E-state index contributed by atoms with van der Waals surface area (Å²) in [6, 6.07) is 15.9. The summed E-state index contributed by atoms with van der Waals surface area (Å²) in [5.74, 6) is 0.312. The second kappa shape index (κ2) is 6.12. The fraction of sp³-hybridized carbons (Fsp3) is 0.211. The molecule has 1 saturated carbocycles. The molecule has 2 aromatic carbocycles. The number of aromatic nitrogens is 3. The predicted octanol–water partition coefficient (Wildman–Crippen LogP) is 2.75. The van der Waals surface area contributed by atoms with Crippen LogP contribution < -0.4 is 5.32 Å². The van der Waals surface area contributed by atoms with E-state index in [0.29, 0.717) is 5.82 Å². The van der Waals surface area contributed by atoms with Crippen LogP contribution in [0, 0.1) is 5.82 Å². The van der Waals surface area contributed by atoms with Crippen LogP contribution >= 0.6 is 0 Å². The van der Waals surface area contributed by atoms with Crippen molar-refractivity contribution < 1.29 is 9.18 Å². The van der Waals surface area contributed by atoms with Crippen LogP contribution in [-0.4, -0.2) is 20.7 Å². The first-order valence-corrected chi connectivity index (χ1v) is 8.18. The molecule has 1 aliphatic carbocycles. The van der Waals surface area contributed by atoms with E-state index in [1.807, 2.05) is 34.9 Å². The Labute approximate surface area is 144 Å². The van der Waals surface area contributed by atoms with Gasteiger partial charge in [0.15, 0.2) is 5.82 Å². The maximum absolute atomic E-state index is 13.1. The first kappa shape index (κ1) is 15.5. The Kier molecular flexibility index (Phi) is 3.80. The summed E-state index contributed by atoms with van der Waals surface area (Å²) in [4.78, 5) is 12.7. The van der Waals surface area contributed by atoms with Gasteiger partial charge in [-0.3, -0.25) is 9.36 Å². The van der Waals surface area contributed by atoms with E-state index in [1.165, 1.54) is 12.1 Å². The normalized spacial score (nSPS) is 14.9. The predicted molar refractivity (Wildman–Crippen MR) is 90.5 cm³/mol. The Morgan fingerprint density at radius 1 is 1.12 bits per heavy atom. The van der Waals surface area contributed by atoms with E-state index < -0.39 is 5.41 Å². The fourth-order valence-corrected chi connectivity index (χ4v) is 3.05. The van der Waals surface area contributed by atoms with Crippen LogP contribution in [0.5, 0.6) is 0 Å². The molecule has 1 aliphatic rings. The highest BCUT2D eigenvalue weighted by atomic mass is 19.1. The van der Waals surface area contributed by atoms with Gasteiger partial charge in [-0.25, -0.2) is 4.39 Å². The number of carbonyl (C=O) groups is 1. The highest BCUT2D eigenvalue weighted by molar-refractivity contribution is 5.91. The van der Waals surface area contributed by atoms with Crippen LogP contribution in [0.4, 0.5) is 4.39 Å². The molecule has 4 rings (SSSR count). The molecule has 0 aliphatic heterocycles. The number of rotatable bonds is 5. The quantitative estimate of drug-likeness (QED) is 0.779. The summed E-state index contributed by atoms with van der Waals surface area (Å²) in [6.45, 7) is 0.288. The Balaban J connectivity index is 1.48. The number of halogens is 1. The van der Waals surface area contributed by atoms with E-state index in [0.717, 1.165) is 24.1 Å². The number of hydrogen-bond donors (Lipinski definition) is 1. The van der Waals surface area contributed by atoms with Crippen molar-refractivity contribution in [1.82, 2.24) is 20.1 Å². The number of nitrogens with one attached hydrogen (secondary N) is 1. The molecule has 0 unspecified atom stereocenters. The van der Waals surface area contributed by atoms with Crippen molar-refractivity contribution in [1.29, 1.82) is 0 Å². The van der Waals surface area contributed by atoms with Gasteiger partial charge in [0.25, 0.3) is 0 Å². The highest BCUT2D eigenvalue weighted by Gasteiger charge is 2.51. The van der Waals surface area contributed by atoms with Crippen LogP contribution in [0.2, 0.25) is 0 Å². The summed E-state index contributed by atoms with van der Waals surface area (Å²) < 4.78 is 15.0. The number of para-hydroxylation sites is 1. The van der Waals surface area contributed by atoms with Gasteiger partial charge in [0.05, 0.1) is 12.0 Å². The van der Waals surface area contributed by atoms with Crippen molar-refractivity contribution in [3.8, 4) is 5.69 Å². The Hall–Kier alpha value is -3.02. The lowest BCUT2D eigenvalue weighted by atomic mass is 9.95. The van der Waals surface area contributed by atoms with Crippen LogP contribution in [0.1, 0.15) is 24.2 Å². The topological polar surface area (TPSA) is 59.8 Å². The van der Waals surface area contributed by atoms with Gasteiger partial charge in [-0.2, -0.15) is 0 Å². The number of amides is 1. The lowest BCUT2D eigenvalue weighted by Gasteiger charge is -2.16. The molecule has 3 aromatic rings. The van der Waals surface area contributed by atoms with Gasteiger partial charge in [-0.15, -0.1) is 10.2 Å². The minimum absolute atomic E-state index is 0.0540. The molecule has 1 N–H and O–H groups in total. The average Bonchev–Trinajstić information content (AvgIpc) is 3.32. The fourth-order valence-electron chi connectivity index (χ4n) is 3.05. The van der Waals surface area contributed by atoms with E-state index in [9.17, 15) is 9.18 Å². The van der Waals surface area contributed by atoms with Crippen LogP contribution in [0.25, 0.3) is 5.69 Å². The van der Waals surface area contributed by atoms with Gasteiger partial charge in [-0.1, -0.05) is 30.3 Å². The van der Waals surface area contributed by atoms with E-state index in [-0.39, 0.29) is 18.3 Å². The molecular weight excluding hydrogens is 319 g/mol. The molecule has 1 heterocycles. The van der Waals surface area contributed by atoms with E-state index in [2.05, 4.69) is 15.5 Å². The molecule has 0 atom stereocenters. The van der Waals surface area contributed by atoms with Crippen molar-refractivity contribution in [2.45, 2.75) is 24.8 Å². The van der Waals surface area contributed by atoms with Gasteiger partial charge in [-0.05, 0) is 42.7 Å². The number of benzene rings is 2. The summed E-state index contributed by atoms with van der Waals surface area (Å²) >= 11 is 0. The molecule has 0 radical (unpaired) electrons. The van der Waals surface area contributed by atoms with E-state index in [1.54, 1.807) is 18.5 Å². The standard InChI is InChI=1S/C19H17FN4O/c20-15-8-6-14(7-9-15)19(10-11-19)18(25)21-12-17-23-22-13-24(17)16-4-2-1-3-5-16/h1-9,13H,10-12H2,(H,21,25). The molecule has 6 heteroatoms. The third-order valence-electron chi connectivity index (χ3n) is 4.64. The molecule has 25 heavy (non-hydrogen) atoms. The van der Waals surface area contributed by atoms with Crippen LogP contribution in [0.15, 0.2) is 60.9 Å². The molecule has 5 nitrogen and oxygen atoms in total. The van der Waals surface area contributed by atoms with Crippen molar-refractivity contribution >= 4 is 5.91 Å². The minimum Gasteiger partial charge on any atom is -0.348 e. The van der Waals surface area contributed by atoms with Crippen LogP contribution in [-0.2, 0) is 16.8 Å². The zero-order valence-electron chi connectivity index (χ0n) is 13.5. The van der Waals surface area contributed by atoms with Crippen molar-refractivity contribution in [2.75, 3.05) is 0 Å². The first-order valence-electron chi connectivity index (χ1n) is 8.18. The van der Waals surface area contributed by atoms with Gasteiger partial charge in [0.2, 0.25) is 5.91 Å². The number of hydrogen-bond acceptors (Lipinski definition) is 3. The summed E-state index contributed by atoms with van der Waals surface area (Å²) in [6.07, 6.45) is 3.18.